The van der Waals surface area contributed by atoms with Crippen molar-refractivity contribution in [3.8, 4) is 23.7 Å². The van der Waals surface area contributed by atoms with Gasteiger partial charge in [-0.25, -0.2) is 9.13 Å². The van der Waals surface area contributed by atoms with Crippen molar-refractivity contribution < 1.29 is 93.8 Å². The van der Waals surface area contributed by atoms with Crippen molar-refractivity contribution in [2.24, 2.45) is 14.1 Å². The molecule has 0 aliphatic carbocycles. The molecule has 2 aromatic heterocycles. The Morgan fingerprint density at radius 3 is 1.19 bits per heavy atom. The average molecular weight is 1060 g/mol. The largest absolute Gasteiger partial charge is 2.00 e. The van der Waals surface area contributed by atoms with Crippen LogP contribution in [0.3, 0.4) is 0 Å². The fraction of sp³-hybridized carbons (Fsp3) is 0.0909. The van der Waals surface area contributed by atoms with Crippen LogP contribution in [0.25, 0.3) is 0 Å². The van der Waals surface area contributed by atoms with Crippen LogP contribution >= 0.6 is 45.2 Å². The molecule has 0 saturated carbocycles. The second-order valence-corrected chi connectivity index (χ2v) is 8.15. The predicted molar refractivity (Wildman–Crippen MR) is 125 cm³/mol. The van der Waals surface area contributed by atoms with Crippen LogP contribution in [0.4, 0.5) is 0 Å². The Kier molecular flexibility index (Phi) is 41.9. The topological polar surface area (TPSA) is 236 Å². The number of benzene rings is 1. The number of rotatable bonds is 0. The molecule has 0 fully saturated rings. The van der Waals surface area contributed by atoms with E-state index in [1.54, 1.807) is 0 Å². The molecule has 2 radical (unpaired) electrons. The van der Waals surface area contributed by atoms with Crippen LogP contribution in [0.15, 0.2) is 61.2 Å². The van der Waals surface area contributed by atoms with Gasteiger partial charge in [-0.3, -0.25) is 0 Å². The summed E-state index contributed by atoms with van der Waals surface area (Å²) in [6.45, 7) is 0. The van der Waals surface area contributed by atoms with E-state index in [2.05, 4.69) is 81.3 Å². The maximum Gasteiger partial charge on any atom is 0.183 e. The Morgan fingerprint density at radius 2 is 0.889 bits per heavy atom. The van der Waals surface area contributed by atoms with Gasteiger partial charge in [0.1, 0.15) is 14.1 Å². The molecule has 0 N–H and O–H groups in total. The average Bonchev–Trinajstić information content (AvgIpc) is 2.61. The van der Waals surface area contributed by atoms with Gasteiger partial charge in [0.15, 0.2) is 24.8 Å². The van der Waals surface area contributed by atoms with E-state index in [0.717, 1.165) is 29.4 Å². The zero-order valence-electron chi connectivity index (χ0n) is 18.4. The monoisotopic (exact) mass is 1060 g/mol. The minimum atomic E-state index is 0. The Bertz CT molecular complexity index is 1050. The first-order valence-corrected chi connectivity index (χ1v) is 10.1. The van der Waals surface area contributed by atoms with Crippen LogP contribution in [0, 0.1) is 30.8 Å². The molecule has 0 aliphatic heterocycles. The van der Waals surface area contributed by atoms with Crippen LogP contribution in [-0.2, 0) is 98.8 Å². The van der Waals surface area contributed by atoms with Gasteiger partial charge in [-0.05, 0) is 63.4 Å². The summed E-state index contributed by atoms with van der Waals surface area (Å²) in [5.74, 6) is 13.0. The summed E-state index contributed by atoms with van der Waals surface area (Å²) in [4.78, 5) is 0. The zero-order valence-corrected chi connectivity index (χ0v) is 28.2. The number of pyridine rings is 2. The number of aromatic nitrogens is 2. The fourth-order valence-corrected chi connectivity index (χ4v) is 3.79. The van der Waals surface area contributed by atoms with Gasteiger partial charge < -0.3 is 43.8 Å². The molecular weight excluding hydrogens is 1050 g/mol. The summed E-state index contributed by atoms with van der Waals surface area (Å²) in [6, 6.07) is 12.1. The van der Waals surface area contributed by atoms with E-state index in [4.69, 9.17) is 0 Å². The minimum Gasteiger partial charge on any atom is -2.00 e. The van der Waals surface area contributed by atoms with E-state index in [1.807, 2.05) is 72.0 Å². The zero-order chi connectivity index (χ0) is 18.5. The van der Waals surface area contributed by atoms with Crippen LogP contribution in [0.1, 0.15) is 22.3 Å². The summed E-state index contributed by atoms with van der Waals surface area (Å²) in [5, 5.41) is 0. The van der Waals surface area contributed by atoms with Crippen molar-refractivity contribution in [2.75, 3.05) is 0 Å². The molecule has 0 bridgehead atoms. The third-order valence-corrected chi connectivity index (χ3v) is 5.37. The summed E-state index contributed by atoms with van der Waals surface area (Å²) >= 11 is 4.62. The van der Waals surface area contributed by atoms with E-state index in [1.165, 1.54) is 0 Å². The van der Waals surface area contributed by atoms with Gasteiger partial charge in [-0.2, -0.15) is 0 Å². The molecule has 0 unspecified atom stereocenters. The van der Waals surface area contributed by atoms with E-state index >= 15 is 0 Å². The number of hydrogen-bond acceptors (Lipinski definition) is 0. The molecule has 1 aromatic carbocycles. The van der Waals surface area contributed by atoms with Gasteiger partial charge in [-0.1, -0.05) is 29.7 Å². The predicted octanol–water partition coefficient (Wildman–Crippen LogP) is 2.39. The van der Waals surface area contributed by atoms with Crippen LogP contribution < -0.4 is 9.13 Å². The van der Waals surface area contributed by atoms with Crippen LogP contribution in [0.5, 0.6) is 0 Å². The standard InChI is InChI=1S/C22H16I2N2.8O.2Re/c1-25-12-10-19(21(23)15-25)8-6-17-4-3-5-18(14-17)7-9-20-11-13-26(2)16-22(20)24;;;;;;;;;;/h3-5,10-16H,1-2H3;;;;;;;;;;/q+2;8*-2;;. The van der Waals surface area contributed by atoms with Crippen molar-refractivity contribution >= 4 is 45.2 Å². The van der Waals surface area contributed by atoms with Gasteiger partial charge in [0, 0.05) is 64.1 Å². The maximum absolute atomic E-state index is 3.25. The number of aryl methyl sites for hydroxylation is 2. The van der Waals surface area contributed by atoms with Crippen molar-refractivity contribution in [3.63, 3.8) is 0 Å². The van der Waals surface area contributed by atoms with Crippen molar-refractivity contribution in [1.82, 2.24) is 0 Å². The minimum absolute atomic E-state index is 0. The molecule has 3 rings (SSSR count). The van der Waals surface area contributed by atoms with E-state index in [9.17, 15) is 0 Å². The van der Waals surface area contributed by atoms with Gasteiger partial charge in [0.05, 0.1) is 18.3 Å². The Morgan fingerprint density at radius 1 is 0.556 bits per heavy atom. The van der Waals surface area contributed by atoms with Crippen molar-refractivity contribution in [1.29, 1.82) is 0 Å². The fourth-order valence-electron chi connectivity index (χ4n) is 2.28. The maximum atomic E-state index is 3.25. The first kappa shape index (κ1) is 55.6. The SMILES string of the molecule is C[n+]1ccc(C#Cc2cccc(C#Cc3cc[n+](C)cc3I)c2)c(I)c1.[O-2].[O-2].[O-2].[O-2].[O-2].[O-2].[O-2].[O-2].[Re].[Re]. The summed E-state index contributed by atoms with van der Waals surface area (Å²) in [7, 11) is 4.02. The first-order chi connectivity index (χ1) is 12.5. The van der Waals surface area contributed by atoms with Gasteiger partial charge >= 0.3 is 0 Å². The molecule has 0 aliphatic rings. The summed E-state index contributed by atoms with van der Waals surface area (Å²) in [5.41, 5.74) is 4.00. The number of halogens is 2. The van der Waals surface area contributed by atoms with Crippen LogP contribution in [0.2, 0.25) is 0 Å². The Hall–Kier alpha value is -0.895. The Balaban J connectivity index is -0.000000131. The molecule has 204 valence electrons. The quantitative estimate of drug-likeness (QED) is 0.179. The second kappa shape index (κ2) is 27.1. The molecule has 0 atom stereocenters. The third-order valence-electron chi connectivity index (χ3n) is 3.65. The summed E-state index contributed by atoms with van der Waals surface area (Å²) < 4.78 is 6.33. The van der Waals surface area contributed by atoms with E-state index < -0.39 is 0 Å². The number of nitrogens with zero attached hydrogens (tertiary/aromatic N) is 2. The van der Waals surface area contributed by atoms with Gasteiger partial charge in [0.25, 0.3) is 0 Å². The number of hydrogen-bond donors (Lipinski definition) is 0. The smallest absolute Gasteiger partial charge is 0.183 e. The van der Waals surface area contributed by atoms with Crippen molar-refractivity contribution in [3.05, 3.63) is 90.6 Å². The molecule has 10 nitrogen and oxygen atoms in total. The van der Waals surface area contributed by atoms with Crippen molar-refractivity contribution in [2.45, 2.75) is 0 Å². The summed E-state index contributed by atoms with van der Waals surface area (Å²) in [6.07, 6.45) is 8.15. The Labute approximate surface area is 265 Å². The normalized spacial score (nSPS) is 7.00. The molecule has 0 amide bonds. The van der Waals surface area contributed by atoms with Gasteiger partial charge in [0.2, 0.25) is 0 Å². The van der Waals surface area contributed by atoms with Crippen LogP contribution in [-0.4, -0.2) is 0 Å². The molecule has 0 spiro atoms. The molecule has 36 heavy (non-hydrogen) atoms. The molecule has 2 heterocycles. The molecule has 0 saturated heterocycles. The molecule has 3 aromatic rings. The molecule has 14 heteroatoms. The third kappa shape index (κ3) is 16.8. The first-order valence-electron chi connectivity index (χ1n) is 7.95. The van der Waals surface area contributed by atoms with E-state index in [-0.39, 0.29) is 84.7 Å². The second-order valence-electron chi connectivity index (χ2n) is 5.82. The molecular formula is C22H16I2N2O8Re2-14. The van der Waals surface area contributed by atoms with Gasteiger partial charge in [-0.15, -0.1) is 0 Å². The van der Waals surface area contributed by atoms with E-state index in [0.29, 0.717) is 0 Å².